The van der Waals surface area contributed by atoms with Gasteiger partial charge in [-0.3, -0.25) is 4.79 Å². The van der Waals surface area contributed by atoms with Crippen LogP contribution in [0.2, 0.25) is 0 Å². The second-order valence-corrected chi connectivity index (χ2v) is 6.03. The molecule has 0 bridgehead atoms. The van der Waals surface area contributed by atoms with Crippen molar-refractivity contribution in [3.8, 4) is 11.5 Å². The number of imidazole rings is 1. The van der Waals surface area contributed by atoms with Crippen molar-refractivity contribution in [3.63, 3.8) is 0 Å². The van der Waals surface area contributed by atoms with E-state index in [1.54, 1.807) is 18.3 Å². The summed E-state index contributed by atoms with van der Waals surface area (Å²) in [7, 11) is 0. The third-order valence-corrected chi connectivity index (χ3v) is 3.78. The van der Waals surface area contributed by atoms with E-state index in [1.807, 2.05) is 44.5 Å². The number of benzene rings is 1. The van der Waals surface area contributed by atoms with Crippen molar-refractivity contribution in [3.05, 3.63) is 36.4 Å². The Labute approximate surface area is 135 Å². The van der Waals surface area contributed by atoms with E-state index in [4.69, 9.17) is 9.47 Å². The first-order valence-electron chi connectivity index (χ1n) is 7.74. The number of ether oxygens (including phenoxy) is 2. The van der Waals surface area contributed by atoms with E-state index in [0.717, 1.165) is 12.2 Å². The molecule has 1 amide bonds. The topological polar surface area (TPSA) is 65.4 Å². The Kier molecular flexibility index (Phi) is 3.75. The number of nitrogens with one attached hydrogen (secondary N) is 1. The number of amides is 1. The molecular formula is C17H21N3O3. The van der Waals surface area contributed by atoms with E-state index in [0.29, 0.717) is 17.2 Å². The lowest BCUT2D eigenvalue weighted by atomic mass is 10.2. The second-order valence-electron chi connectivity index (χ2n) is 6.03. The van der Waals surface area contributed by atoms with Gasteiger partial charge in [0.1, 0.15) is 11.9 Å². The molecule has 1 N–H and O–H groups in total. The minimum absolute atomic E-state index is 0.101. The van der Waals surface area contributed by atoms with E-state index >= 15 is 0 Å². The maximum Gasteiger partial charge on any atom is 0.247 e. The maximum atomic E-state index is 12.5. The van der Waals surface area contributed by atoms with Gasteiger partial charge in [-0.05, 0) is 19.1 Å². The molecule has 6 heteroatoms. The molecule has 1 aromatic heterocycles. The predicted octanol–water partition coefficient (Wildman–Crippen LogP) is 3.15. The van der Waals surface area contributed by atoms with Crippen LogP contribution in [0.25, 0.3) is 0 Å². The van der Waals surface area contributed by atoms with Crippen molar-refractivity contribution in [2.45, 2.75) is 45.9 Å². The number of nitrogens with zero attached hydrogens (tertiary/aromatic N) is 2. The summed E-state index contributed by atoms with van der Waals surface area (Å²) in [5.74, 6) is 1.43. The molecule has 1 atom stereocenters. The Morgan fingerprint density at radius 2 is 2.09 bits per heavy atom. The summed E-state index contributed by atoms with van der Waals surface area (Å²) >= 11 is 0. The molecule has 0 aliphatic carbocycles. The fraction of sp³-hybridized carbons (Fsp3) is 0.412. The van der Waals surface area contributed by atoms with Gasteiger partial charge in [-0.15, -0.1) is 0 Å². The summed E-state index contributed by atoms with van der Waals surface area (Å²) in [6, 6.07) is 5.06. The van der Waals surface area contributed by atoms with Crippen LogP contribution in [0.3, 0.4) is 0 Å². The van der Waals surface area contributed by atoms with E-state index in [2.05, 4.69) is 10.3 Å². The van der Waals surface area contributed by atoms with Crippen molar-refractivity contribution in [2.24, 2.45) is 0 Å². The molecule has 0 saturated carbocycles. The lowest BCUT2D eigenvalue weighted by Crippen LogP contribution is -2.29. The lowest BCUT2D eigenvalue weighted by Gasteiger charge is -2.16. The lowest BCUT2D eigenvalue weighted by molar-refractivity contribution is -0.118. The Hall–Kier alpha value is -2.50. The number of anilines is 1. The highest BCUT2D eigenvalue weighted by Crippen LogP contribution is 2.40. The number of aromatic nitrogens is 2. The standard InChI is InChI=1S/C17H21N3O3/c1-5-15-18-8-9-20(15)11(2)16(21)19-12-6-7-13-14(10-12)23-17(3,4)22-13/h6-11H,5H2,1-4H3,(H,19,21). The van der Waals surface area contributed by atoms with Crippen molar-refractivity contribution < 1.29 is 14.3 Å². The van der Waals surface area contributed by atoms with Crippen LogP contribution in [0.1, 0.15) is 39.6 Å². The Morgan fingerprint density at radius 3 is 2.83 bits per heavy atom. The molecule has 0 fully saturated rings. The first-order valence-corrected chi connectivity index (χ1v) is 7.74. The van der Waals surface area contributed by atoms with Gasteiger partial charge in [-0.2, -0.15) is 0 Å². The van der Waals surface area contributed by atoms with E-state index in [-0.39, 0.29) is 11.9 Å². The van der Waals surface area contributed by atoms with Gasteiger partial charge in [0.2, 0.25) is 11.7 Å². The molecule has 1 aromatic carbocycles. The molecule has 1 aliphatic rings. The summed E-state index contributed by atoms with van der Waals surface area (Å²) in [5, 5.41) is 2.92. The Balaban J connectivity index is 1.74. The first-order chi connectivity index (χ1) is 10.9. The van der Waals surface area contributed by atoms with E-state index in [9.17, 15) is 4.79 Å². The highest BCUT2D eigenvalue weighted by atomic mass is 16.7. The second kappa shape index (κ2) is 5.61. The van der Waals surface area contributed by atoms with Crippen LogP contribution in [0.15, 0.2) is 30.6 Å². The van der Waals surface area contributed by atoms with Gasteiger partial charge in [0.05, 0.1) is 0 Å². The van der Waals surface area contributed by atoms with Crippen molar-refractivity contribution >= 4 is 11.6 Å². The summed E-state index contributed by atoms with van der Waals surface area (Å²) in [5.41, 5.74) is 0.681. The van der Waals surface area contributed by atoms with Gasteiger partial charge in [0, 0.05) is 44.4 Å². The molecule has 1 unspecified atom stereocenters. The number of aryl methyl sites for hydroxylation is 1. The number of carbonyl (C=O) groups excluding carboxylic acids is 1. The summed E-state index contributed by atoms with van der Waals surface area (Å²) < 4.78 is 13.2. The van der Waals surface area contributed by atoms with Crippen LogP contribution in [-0.4, -0.2) is 21.2 Å². The number of rotatable bonds is 4. The molecule has 0 spiro atoms. The molecule has 6 nitrogen and oxygen atoms in total. The van der Waals surface area contributed by atoms with E-state index < -0.39 is 5.79 Å². The quantitative estimate of drug-likeness (QED) is 0.941. The molecule has 2 aromatic rings. The highest BCUT2D eigenvalue weighted by Gasteiger charge is 2.31. The van der Waals surface area contributed by atoms with Crippen LogP contribution < -0.4 is 14.8 Å². The predicted molar refractivity (Wildman–Crippen MR) is 86.7 cm³/mol. The summed E-state index contributed by atoms with van der Waals surface area (Å²) in [4.78, 5) is 16.7. The molecule has 1 aliphatic heterocycles. The monoisotopic (exact) mass is 315 g/mol. The van der Waals surface area contributed by atoms with Gasteiger partial charge in [-0.25, -0.2) is 4.98 Å². The summed E-state index contributed by atoms with van der Waals surface area (Å²) in [6.45, 7) is 7.56. The molecule has 23 heavy (non-hydrogen) atoms. The fourth-order valence-electron chi connectivity index (χ4n) is 2.64. The van der Waals surface area contributed by atoms with E-state index in [1.165, 1.54) is 0 Å². The summed E-state index contributed by atoms with van der Waals surface area (Å²) in [6.07, 6.45) is 4.32. The fourth-order valence-corrected chi connectivity index (χ4v) is 2.64. The maximum absolute atomic E-state index is 12.5. The average molecular weight is 315 g/mol. The van der Waals surface area contributed by atoms with Crippen molar-refractivity contribution in [1.29, 1.82) is 0 Å². The number of carbonyl (C=O) groups is 1. The average Bonchev–Trinajstić information content (AvgIpc) is 3.07. The van der Waals surface area contributed by atoms with Crippen LogP contribution in [0.5, 0.6) is 11.5 Å². The number of fused-ring (bicyclic) bond motifs is 1. The molecule has 3 rings (SSSR count). The first kappa shape index (κ1) is 15.4. The minimum Gasteiger partial charge on any atom is -0.449 e. The SMILES string of the molecule is CCc1nccn1C(C)C(=O)Nc1ccc2c(c1)OC(C)(C)O2. The third-order valence-electron chi connectivity index (χ3n) is 3.78. The Bertz CT molecular complexity index is 736. The Morgan fingerprint density at radius 1 is 1.35 bits per heavy atom. The third kappa shape index (κ3) is 3.02. The van der Waals surface area contributed by atoms with Crippen molar-refractivity contribution in [2.75, 3.05) is 5.32 Å². The van der Waals surface area contributed by atoms with Gasteiger partial charge in [0.15, 0.2) is 11.5 Å². The smallest absolute Gasteiger partial charge is 0.247 e. The highest BCUT2D eigenvalue weighted by molar-refractivity contribution is 5.93. The van der Waals surface area contributed by atoms with Crippen molar-refractivity contribution in [1.82, 2.24) is 9.55 Å². The molecule has 122 valence electrons. The van der Waals surface area contributed by atoms with Crippen LogP contribution in [-0.2, 0) is 11.2 Å². The molecule has 2 heterocycles. The number of hydrogen-bond acceptors (Lipinski definition) is 4. The van der Waals surface area contributed by atoms with Gasteiger partial charge in [-0.1, -0.05) is 6.92 Å². The van der Waals surface area contributed by atoms with Gasteiger partial charge in [0.25, 0.3) is 0 Å². The molecule has 0 radical (unpaired) electrons. The van der Waals surface area contributed by atoms with Gasteiger partial charge >= 0.3 is 0 Å². The van der Waals surface area contributed by atoms with Crippen LogP contribution in [0.4, 0.5) is 5.69 Å². The molecular weight excluding hydrogens is 294 g/mol. The zero-order chi connectivity index (χ0) is 16.6. The molecule has 0 saturated heterocycles. The largest absolute Gasteiger partial charge is 0.449 e. The van der Waals surface area contributed by atoms with Crippen LogP contribution >= 0.6 is 0 Å². The normalized spacial score (nSPS) is 16.2. The van der Waals surface area contributed by atoms with Crippen LogP contribution in [0, 0.1) is 0 Å². The zero-order valence-electron chi connectivity index (χ0n) is 13.8. The minimum atomic E-state index is -0.676. The zero-order valence-corrected chi connectivity index (χ0v) is 13.8. The number of hydrogen-bond donors (Lipinski definition) is 1. The van der Waals surface area contributed by atoms with Gasteiger partial charge < -0.3 is 19.4 Å².